The van der Waals surface area contributed by atoms with E-state index in [2.05, 4.69) is 19.6 Å². The third kappa shape index (κ3) is 4.28. The molecule has 4 heteroatoms. The zero-order valence-electron chi connectivity index (χ0n) is 8.47. The molecule has 0 N–H and O–H groups in total. The minimum Gasteiger partial charge on any atom is -0.286 e. The SMILES string of the molecule is CC(=O)N(C[Si](C)(C)C)C(C)=O. The molecule has 0 aliphatic heterocycles. The molecule has 0 aromatic heterocycles. The topological polar surface area (TPSA) is 37.4 Å². The zero-order chi connectivity index (χ0) is 9.94. The van der Waals surface area contributed by atoms with Gasteiger partial charge in [0.25, 0.3) is 0 Å². The first kappa shape index (κ1) is 11.4. The fourth-order valence-corrected chi connectivity index (χ4v) is 2.31. The second kappa shape index (κ2) is 3.84. The molecule has 3 nitrogen and oxygen atoms in total. The van der Waals surface area contributed by atoms with Crippen molar-refractivity contribution in [1.29, 1.82) is 0 Å². The van der Waals surface area contributed by atoms with Crippen LogP contribution in [0.3, 0.4) is 0 Å². The van der Waals surface area contributed by atoms with Gasteiger partial charge in [-0.15, -0.1) is 0 Å². The Morgan fingerprint density at radius 2 is 1.42 bits per heavy atom. The van der Waals surface area contributed by atoms with Crippen LogP contribution in [0.4, 0.5) is 0 Å². The molecule has 2 amide bonds. The molecule has 0 radical (unpaired) electrons. The Kier molecular flexibility index (Phi) is 3.64. The third-order valence-electron chi connectivity index (χ3n) is 1.39. The second-order valence-electron chi connectivity index (χ2n) is 4.18. The highest BCUT2D eigenvalue weighted by Gasteiger charge is 2.22. The Bertz CT molecular complexity index is 182. The normalized spacial score (nSPS) is 11.1. The number of nitrogens with zero attached hydrogens (tertiary/aromatic N) is 1. The molecule has 0 unspecified atom stereocenters. The second-order valence-corrected chi connectivity index (χ2v) is 9.62. The first-order chi connectivity index (χ1) is 5.24. The highest BCUT2D eigenvalue weighted by Crippen LogP contribution is 2.04. The standard InChI is InChI=1S/C8H17NO2Si/c1-7(10)9(8(2)11)6-12(3,4)5/h6H2,1-5H3. The van der Waals surface area contributed by atoms with Crippen LogP contribution in [0, 0.1) is 0 Å². The van der Waals surface area contributed by atoms with E-state index in [-0.39, 0.29) is 11.8 Å². The van der Waals surface area contributed by atoms with Crippen molar-refractivity contribution in [2.75, 3.05) is 6.17 Å². The van der Waals surface area contributed by atoms with Crippen molar-refractivity contribution >= 4 is 19.9 Å². The van der Waals surface area contributed by atoms with Crippen LogP contribution in [0.1, 0.15) is 13.8 Å². The molecule has 70 valence electrons. The van der Waals surface area contributed by atoms with Crippen LogP contribution in [0.15, 0.2) is 0 Å². The molecular formula is C8H17NO2Si. The van der Waals surface area contributed by atoms with E-state index in [9.17, 15) is 9.59 Å². The fraction of sp³-hybridized carbons (Fsp3) is 0.750. The molecule has 0 aromatic carbocycles. The number of hydrogen-bond acceptors (Lipinski definition) is 2. The van der Waals surface area contributed by atoms with Gasteiger partial charge in [-0.05, 0) is 0 Å². The number of carbonyl (C=O) groups excluding carboxylic acids is 2. The maximum atomic E-state index is 11.0. The molecule has 12 heavy (non-hydrogen) atoms. The summed E-state index contributed by atoms with van der Waals surface area (Å²) in [6, 6.07) is 0. The van der Waals surface area contributed by atoms with E-state index in [4.69, 9.17) is 0 Å². The lowest BCUT2D eigenvalue weighted by molar-refractivity contribution is -0.141. The van der Waals surface area contributed by atoms with Crippen molar-refractivity contribution in [3.63, 3.8) is 0 Å². The van der Waals surface area contributed by atoms with E-state index in [1.165, 1.54) is 18.7 Å². The average molecular weight is 187 g/mol. The van der Waals surface area contributed by atoms with Crippen LogP contribution in [-0.4, -0.2) is 31.0 Å². The Morgan fingerprint density at radius 3 is 1.50 bits per heavy atom. The number of hydrogen-bond donors (Lipinski definition) is 0. The molecule has 0 aliphatic rings. The monoisotopic (exact) mass is 187 g/mol. The molecule has 0 bridgehead atoms. The first-order valence-electron chi connectivity index (χ1n) is 4.03. The Morgan fingerprint density at radius 1 is 1.08 bits per heavy atom. The van der Waals surface area contributed by atoms with Gasteiger partial charge in [-0.25, -0.2) is 0 Å². The summed E-state index contributed by atoms with van der Waals surface area (Å²) in [6.45, 7) is 9.26. The number of amides is 2. The number of carbonyl (C=O) groups is 2. The summed E-state index contributed by atoms with van der Waals surface area (Å²) in [4.78, 5) is 23.3. The van der Waals surface area contributed by atoms with Crippen LogP contribution in [0.2, 0.25) is 19.6 Å². The molecule has 0 saturated carbocycles. The van der Waals surface area contributed by atoms with E-state index in [1.807, 2.05) is 0 Å². The van der Waals surface area contributed by atoms with Gasteiger partial charge in [0.1, 0.15) is 0 Å². The summed E-state index contributed by atoms with van der Waals surface area (Å²) in [7, 11) is -1.36. The third-order valence-corrected chi connectivity index (χ3v) is 2.66. The minimum absolute atomic E-state index is 0.148. The van der Waals surface area contributed by atoms with Crippen molar-refractivity contribution < 1.29 is 9.59 Å². The van der Waals surface area contributed by atoms with Gasteiger partial charge in [0.15, 0.2) is 0 Å². The highest BCUT2D eigenvalue weighted by atomic mass is 28.3. The number of rotatable bonds is 2. The summed E-state index contributed by atoms with van der Waals surface area (Å²) in [5, 5.41) is 0. The van der Waals surface area contributed by atoms with Gasteiger partial charge >= 0.3 is 0 Å². The van der Waals surface area contributed by atoms with E-state index in [1.54, 1.807) is 0 Å². The minimum atomic E-state index is -1.36. The molecule has 0 atom stereocenters. The summed E-state index contributed by atoms with van der Waals surface area (Å²) >= 11 is 0. The van der Waals surface area contributed by atoms with Gasteiger partial charge in [-0.2, -0.15) is 0 Å². The maximum Gasteiger partial charge on any atom is 0.225 e. The van der Waals surface area contributed by atoms with Gasteiger partial charge in [-0.1, -0.05) is 19.6 Å². The molecular weight excluding hydrogens is 170 g/mol. The quantitative estimate of drug-likeness (QED) is 0.610. The molecule has 0 saturated heterocycles. The summed E-state index contributed by atoms with van der Waals surface area (Å²) in [5.41, 5.74) is 0. The molecule has 0 fully saturated rings. The number of imide groups is 1. The maximum absolute atomic E-state index is 11.0. The predicted octanol–water partition coefficient (Wildman–Crippen LogP) is 1.26. The average Bonchev–Trinajstić information content (AvgIpc) is 1.79. The molecule has 0 heterocycles. The van der Waals surface area contributed by atoms with Gasteiger partial charge < -0.3 is 0 Å². The Hall–Kier alpha value is -0.643. The van der Waals surface area contributed by atoms with Crippen LogP contribution < -0.4 is 0 Å². The van der Waals surface area contributed by atoms with Crippen LogP contribution >= 0.6 is 0 Å². The van der Waals surface area contributed by atoms with Crippen LogP contribution in [-0.2, 0) is 9.59 Å². The highest BCUT2D eigenvalue weighted by molar-refractivity contribution is 6.76. The molecule has 0 rings (SSSR count). The molecule has 0 spiro atoms. The smallest absolute Gasteiger partial charge is 0.225 e. The summed E-state index contributed by atoms with van der Waals surface area (Å²) in [6.07, 6.45) is 0.623. The van der Waals surface area contributed by atoms with E-state index >= 15 is 0 Å². The Balaban J connectivity index is 4.35. The predicted molar refractivity (Wildman–Crippen MR) is 51.4 cm³/mol. The van der Waals surface area contributed by atoms with Crippen molar-refractivity contribution in [1.82, 2.24) is 4.90 Å². The van der Waals surface area contributed by atoms with Gasteiger partial charge in [-0.3, -0.25) is 14.5 Å². The first-order valence-corrected chi connectivity index (χ1v) is 7.73. The van der Waals surface area contributed by atoms with Gasteiger partial charge in [0.05, 0.1) is 8.07 Å². The lowest BCUT2D eigenvalue weighted by Crippen LogP contribution is -2.45. The lowest BCUT2D eigenvalue weighted by Gasteiger charge is -2.24. The van der Waals surface area contributed by atoms with Crippen LogP contribution in [0.25, 0.3) is 0 Å². The van der Waals surface area contributed by atoms with Crippen LogP contribution in [0.5, 0.6) is 0 Å². The van der Waals surface area contributed by atoms with E-state index < -0.39 is 8.07 Å². The van der Waals surface area contributed by atoms with Gasteiger partial charge in [0, 0.05) is 20.0 Å². The zero-order valence-corrected chi connectivity index (χ0v) is 9.47. The van der Waals surface area contributed by atoms with E-state index in [0.717, 1.165) is 0 Å². The largest absolute Gasteiger partial charge is 0.286 e. The van der Waals surface area contributed by atoms with E-state index in [0.29, 0.717) is 6.17 Å². The summed E-state index contributed by atoms with van der Waals surface area (Å²) in [5.74, 6) is -0.296. The van der Waals surface area contributed by atoms with Crippen molar-refractivity contribution in [2.45, 2.75) is 33.5 Å². The Labute approximate surface area is 74.8 Å². The van der Waals surface area contributed by atoms with Crippen molar-refractivity contribution in [3.8, 4) is 0 Å². The lowest BCUT2D eigenvalue weighted by atomic mass is 10.5. The molecule has 0 aliphatic carbocycles. The van der Waals surface area contributed by atoms with Crippen molar-refractivity contribution in [3.05, 3.63) is 0 Å². The summed E-state index contributed by atoms with van der Waals surface area (Å²) < 4.78 is 0. The van der Waals surface area contributed by atoms with Crippen molar-refractivity contribution in [2.24, 2.45) is 0 Å². The van der Waals surface area contributed by atoms with Gasteiger partial charge in [0.2, 0.25) is 11.8 Å². The fourth-order valence-electron chi connectivity index (χ4n) is 0.919. The molecule has 0 aromatic rings.